The molecular formula is C26H29NO4. The van der Waals surface area contributed by atoms with E-state index in [1.165, 1.54) is 12.7 Å². The number of ether oxygens (including phenoxy) is 1. The first-order chi connectivity index (χ1) is 14.7. The largest absolute Gasteiger partial charge is 0.504 e. The number of benzene rings is 2. The molecule has 2 aromatic carbocycles. The highest BCUT2D eigenvalue weighted by Gasteiger charge is 2.44. The van der Waals surface area contributed by atoms with Crippen LogP contribution >= 0.6 is 0 Å². The molecule has 31 heavy (non-hydrogen) atoms. The lowest BCUT2D eigenvalue weighted by Gasteiger charge is -2.43. The quantitative estimate of drug-likeness (QED) is 0.746. The zero-order valence-corrected chi connectivity index (χ0v) is 18.6. The number of hydrogen-bond donors (Lipinski definition) is 1. The van der Waals surface area contributed by atoms with Gasteiger partial charge in [0.15, 0.2) is 17.3 Å². The normalized spacial score (nSPS) is 20.6. The van der Waals surface area contributed by atoms with Crippen molar-refractivity contribution in [2.75, 3.05) is 12.0 Å². The highest BCUT2D eigenvalue weighted by molar-refractivity contribution is 6.07. The van der Waals surface area contributed by atoms with E-state index in [1.54, 1.807) is 23.1 Å². The number of hydrogen-bond acceptors (Lipinski definition) is 4. The van der Waals surface area contributed by atoms with Crippen molar-refractivity contribution >= 4 is 17.4 Å². The number of methoxy groups -OCH3 is 1. The number of phenols is 1. The lowest BCUT2D eigenvalue weighted by Crippen LogP contribution is -2.43. The molecule has 1 unspecified atom stereocenters. The van der Waals surface area contributed by atoms with E-state index in [0.29, 0.717) is 24.2 Å². The van der Waals surface area contributed by atoms with Crippen LogP contribution in [0.25, 0.3) is 0 Å². The van der Waals surface area contributed by atoms with Crippen LogP contribution in [0, 0.1) is 5.41 Å². The maximum atomic E-state index is 13.4. The van der Waals surface area contributed by atoms with Gasteiger partial charge in [0.05, 0.1) is 7.11 Å². The van der Waals surface area contributed by atoms with Crippen molar-refractivity contribution in [2.24, 2.45) is 5.41 Å². The Bertz CT molecular complexity index is 1070. The fourth-order valence-corrected chi connectivity index (χ4v) is 4.79. The summed E-state index contributed by atoms with van der Waals surface area (Å²) in [6.45, 7) is 6.25. The molecular weight excluding hydrogens is 390 g/mol. The molecule has 1 atom stereocenters. The molecule has 162 valence electrons. The number of amides is 1. The molecule has 0 aromatic heterocycles. The van der Waals surface area contributed by atoms with Crippen molar-refractivity contribution in [1.82, 2.24) is 0 Å². The zero-order valence-electron chi connectivity index (χ0n) is 18.6. The summed E-state index contributed by atoms with van der Waals surface area (Å²) in [5, 5.41) is 9.99. The van der Waals surface area contributed by atoms with E-state index in [9.17, 15) is 14.7 Å². The molecule has 5 heteroatoms. The lowest BCUT2D eigenvalue weighted by molar-refractivity contribution is -0.121. The third-order valence-corrected chi connectivity index (χ3v) is 6.35. The van der Waals surface area contributed by atoms with Crippen molar-refractivity contribution in [3.8, 4) is 11.5 Å². The first-order valence-electron chi connectivity index (χ1n) is 10.8. The second kappa shape index (κ2) is 7.88. The van der Waals surface area contributed by atoms with Gasteiger partial charge in [-0.2, -0.15) is 0 Å². The average molecular weight is 420 g/mol. The van der Waals surface area contributed by atoms with Crippen LogP contribution < -0.4 is 9.64 Å². The third kappa shape index (κ3) is 3.85. The highest BCUT2D eigenvalue weighted by Crippen LogP contribution is 2.48. The van der Waals surface area contributed by atoms with Gasteiger partial charge < -0.3 is 9.84 Å². The molecule has 1 N–H and O–H groups in total. The zero-order chi connectivity index (χ0) is 22.3. The second-order valence-electron chi connectivity index (χ2n) is 9.24. The molecule has 0 saturated carbocycles. The molecule has 1 heterocycles. The number of allylic oxidation sites excluding steroid dienone is 2. The van der Waals surface area contributed by atoms with Gasteiger partial charge in [-0.25, -0.2) is 0 Å². The van der Waals surface area contributed by atoms with E-state index >= 15 is 0 Å². The van der Waals surface area contributed by atoms with Gasteiger partial charge in [0.1, 0.15) is 0 Å². The minimum Gasteiger partial charge on any atom is -0.504 e. The molecule has 0 spiro atoms. The van der Waals surface area contributed by atoms with Crippen LogP contribution in [0.15, 0.2) is 53.7 Å². The first kappa shape index (κ1) is 21.2. The van der Waals surface area contributed by atoms with Gasteiger partial charge in [-0.05, 0) is 53.6 Å². The lowest BCUT2D eigenvalue weighted by atomic mass is 9.69. The number of aryl methyl sites for hydroxylation is 1. The molecule has 0 saturated heterocycles. The Balaban J connectivity index is 1.87. The number of anilines is 1. The van der Waals surface area contributed by atoms with E-state index in [0.717, 1.165) is 23.4 Å². The van der Waals surface area contributed by atoms with Crippen LogP contribution in [0.3, 0.4) is 0 Å². The van der Waals surface area contributed by atoms with Crippen LogP contribution in [-0.2, 0) is 16.0 Å². The van der Waals surface area contributed by atoms with Gasteiger partial charge in [0.25, 0.3) is 0 Å². The van der Waals surface area contributed by atoms with Crippen LogP contribution in [0.2, 0.25) is 0 Å². The number of carbonyl (C=O) groups excluding carboxylic acids is 2. The van der Waals surface area contributed by atoms with Gasteiger partial charge >= 0.3 is 0 Å². The van der Waals surface area contributed by atoms with Gasteiger partial charge in [-0.15, -0.1) is 0 Å². The number of Topliss-reactive ketones (excluding diaryl/α,β-unsaturated/α-hetero) is 1. The summed E-state index contributed by atoms with van der Waals surface area (Å²) in [7, 11) is 1.49. The van der Waals surface area contributed by atoms with Crippen LogP contribution in [0.4, 0.5) is 5.69 Å². The maximum absolute atomic E-state index is 13.4. The number of carbonyl (C=O) groups is 2. The van der Waals surface area contributed by atoms with Gasteiger partial charge in [-0.3, -0.25) is 14.5 Å². The molecule has 1 aliphatic heterocycles. The fraction of sp³-hybridized carbons (Fsp3) is 0.385. The minimum atomic E-state index is -0.341. The van der Waals surface area contributed by atoms with Gasteiger partial charge in [-0.1, -0.05) is 39.0 Å². The number of ketones is 1. The molecule has 5 nitrogen and oxygen atoms in total. The number of phenolic OH excluding ortho intramolecular Hbond substituents is 1. The Labute approximate surface area is 183 Å². The highest BCUT2D eigenvalue weighted by atomic mass is 16.5. The second-order valence-corrected chi connectivity index (χ2v) is 9.24. The maximum Gasteiger partial charge on any atom is 0.232 e. The summed E-state index contributed by atoms with van der Waals surface area (Å²) in [4.78, 5) is 28.5. The van der Waals surface area contributed by atoms with Crippen molar-refractivity contribution in [1.29, 1.82) is 0 Å². The van der Waals surface area contributed by atoms with Gasteiger partial charge in [0.2, 0.25) is 5.91 Å². The van der Waals surface area contributed by atoms with E-state index < -0.39 is 0 Å². The SMILES string of the molecule is CCc1ccc(N2C(=O)CC(c3ccc(O)c(OC)c3)C3=C2CC(C)(C)CC3=O)cc1. The number of nitrogens with zero attached hydrogens (tertiary/aromatic N) is 1. The van der Waals surface area contributed by atoms with E-state index in [-0.39, 0.29) is 35.2 Å². The van der Waals surface area contributed by atoms with Crippen LogP contribution in [0.5, 0.6) is 11.5 Å². The molecule has 0 bridgehead atoms. The summed E-state index contributed by atoms with van der Waals surface area (Å²) >= 11 is 0. The van der Waals surface area contributed by atoms with E-state index in [2.05, 4.69) is 20.8 Å². The Morgan fingerprint density at radius 1 is 1.10 bits per heavy atom. The minimum absolute atomic E-state index is 0.0226. The van der Waals surface area contributed by atoms with Crippen molar-refractivity contribution in [3.05, 3.63) is 64.9 Å². The van der Waals surface area contributed by atoms with Crippen LogP contribution in [0.1, 0.15) is 57.1 Å². The first-order valence-corrected chi connectivity index (χ1v) is 10.8. The summed E-state index contributed by atoms with van der Waals surface area (Å²) in [5.74, 6) is 0.105. The molecule has 2 aromatic rings. The standard InChI is InChI=1S/C26H29NO4/c1-5-16-6-9-18(10-7-16)27-20-14-26(2,3)15-22(29)25(20)19(13-24(27)30)17-8-11-21(28)23(12-17)31-4/h6-12,19,28H,5,13-15H2,1-4H3. The fourth-order valence-electron chi connectivity index (χ4n) is 4.79. The summed E-state index contributed by atoms with van der Waals surface area (Å²) in [6, 6.07) is 13.1. The summed E-state index contributed by atoms with van der Waals surface area (Å²) in [6.07, 6.45) is 2.24. The molecule has 4 rings (SSSR count). The summed E-state index contributed by atoms with van der Waals surface area (Å²) in [5.41, 5.74) is 4.12. The topological polar surface area (TPSA) is 66.8 Å². The number of aromatic hydroxyl groups is 1. The predicted molar refractivity (Wildman–Crippen MR) is 120 cm³/mol. The van der Waals surface area contributed by atoms with E-state index in [1.807, 2.05) is 24.3 Å². The Morgan fingerprint density at radius 2 is 1.81 bits per heavy atom. The molecule has 1 aliphatic carbocycles. The molecule has 1 amide bonds. The van der Waals surface area contributed by atoms with E-state index in [4.69, 9.17) is 4.74 Å². The Kier molecular flexibility index (Phi) is 5.38. The molecule has 0 radical (unpaired) electrons. The Morgan fingerprint density at radius 3 is 2.45 bits per heavy atom. The van der Waals surface area contributed by atoms with Crippen molar-refractivity contribution < 1.29 is 19.4 Å². The van der Waals surface area contributed by atoms with Crippen molar-refractivity contribution in [3.63, 3.8) is 0 Å². The molecule has 2 aliphatic rings. The van der Waals surface area contributed by atoms with Crippen LogP contribution in [-0.4, -0.2) is 23.9 Å². The smallest absolute Gasteiger partial charge is 0.232 e. The predicted octanol–water partition coefficient (Wildman–Crippen LogP) is 5.13. The third-order valence-electron chi connectivity index (χ3n) is 6.35. The average Bonchev–Trinajstić information content (AvgIpc) is 2.72. The monoisotopic (exact) mass is 419 g/mol. The molecule has 0 fully saturated rings. The van der Waals surface area contributed by atoms with Crippen molar-refractivity contribution in [2.45, 2.75) is 52.4 Å². The Hall–Kier alpha value is -3.08. The summed E-state index contributed by atoms with van der Waals surface area (Å²) < 4.78 is 5.27. The number of rotatable bonds is 4. The van der Waals surface area contributed by atoms with Gasteiger partial charge in [0, 0.05) is 35.7 Å².